The van der Waals surface area contributed by atoms with Gasteiger partial charge in [-0.25, -0.2) is 4.79 Å². The van der Waals surface area contributed by atoms with Crippen LogP contribution in [0.2, 0.25) is 0 Å². The number of aliphatic hydroxyl groups excluding tert-OH is 1. The third kappa shape index (κ3) is 2.37. The number of rotatable bonds is 2. The molecule has 0 saturated carbocycles. The summed E-state index contributed by atoms with van der Waals surface area (Å²) >= 11 is 6.23. The van der Waals surface area contributed by atoms with Crippen molar-refractivity contribution in [3.8, 4) is 6.07 Å². The van der Waals surface area contributed by atoms with E-state index in [-0.39, 0.29) is 15.6 Å². The van der Waals surface area contributed by atoms with Gasteiger partial charge in [-0.3, -0.25) is 0 Å². The lowest BCUT2D eigenvalue weighted by atomic mass is 10.1. The Hall–Kier alpha value is -0.900. The van der Waals surface area contributed by atoms with Crippen LogP contribution in [0.1, 0.15) is 17.2 Å². The third-order valence-electron chi connectivity index (χ3n) is 1.76. The molecule has 15 heavy (non-hydrogen) atoms. The average Bonchev–Trinajstić information content (AvgIpc) is 2.17. The van der Waals surface area contributed by atoms with Crippen LogP contribution in [0.3, 0.4) is 0 Å². The van der Waals surface area contributed by atoms with Crippen LogP contribution >= 0.6 is 31.9 Å². The van der Waals surface area contributed by atoms with E-state index in [1.807, 2.05) is 6.07 Å². The van der Waals surface area contributed by atoms with Gasteiger partial charge in [0.15, 0.2) is 6.10 Å². The molecule has 0 aliphatic carbocycles. The average molecular weight is 335 g/mol. The summed E-state index contributed by atoms with van der Waals surface area (Å²) in [5.74, 6) is -1.36. The van der Waals surface area contributed by atoms with Gasteiger partial charge in [-0.2, -0.15) is 5.26 Å². The van der Waals surface area contributed by atoms with Crippen molar-refractivity contribution in [3.63, 3.8) is 0 Å². The van der Waals surface area contributed by atoms with E-state index < -0.39 is 12.1 Å². The van der Waals surface area contributed by atoms with Crippen LogP contribution in [-0.4, -0.2) is 16.2 Å². The first-order valence-corrected chi connectivity index (χ1v) is 5.36. The summed E-state index contributed by atoms with van der Waals surface area (Å²) in [6.07, 6.45) is -1.64. The zero-order valence-electron chi connectivity index (χ0n) is 7.24. The molecule has 0 aromatic heterocycles. The number of aliphatic hydroxyl groups is 1. The van der Waals surface area contributed by atoms with E-state index in [1.165, 1.54) is 12.1 Å². The van der Waals surface area contributed by atoms with Crippen LogP contribution in [0.25, 0.3) is 0 Å². The van der Waals surface area contributed by atoms with E-state index >= 15 is 0 Å². The number of nitrogens with zero attached hydrogens (tertiary/aromatic N) is 1. The van der Waals surface area contributed by atoms with Gasteiger partial charge in [0.2, 0.25) is 0 Å². The molecular weight excluding hydrogens is 330 g/mol. The number of benzene rings is 1. The summed E-state index contributed by atoms with van der Waals surface area (Å²) < 4.78 is 0.826. The molecule has 6 heteroatoms. The molecule has 1 rings (SSSR count). The van der Waals surface area contributed by atoms with Gasteiger partial charge in [0.25, 0.3) is 0 Å². The number of halogens is 2. The van der Waals surface area contributed by atoms with Gasteiger partial charge in [0.1, 0.15) is 6.07 Å². The number of carboxylic acids is 1. The van der Waals surface area contributed by atoms with Gasteiger partial charge >= 0.3 is 5.97 Å². The van der Waals surface area contributed by atoms with Crippen molar-refractivity contribution in [3.05, 3.63) is 32.2 Å². The lowest BCUT2D eigenvalue weighted by Crippen LogP contribution is -2.11. The summed E-state index contributed by atoms with van der Waals surface area (Å²) in [6, 6.07) is 4.86. The summed E-state index contributed by atoms with van der Waals surface area (Å²) in [4.78, 5) is 10.6. The Morgan fingerprint density at radius 3 is 2.53 bits per heavy atom. The topological polar surface area (TPSA) is 81.3 Å². The van der Waals surface area contributed by atoms with Crippen molar-refractivity contribution in [2.24, 2.45) is 0 Å². The largest absolute Gasteiger partial charge is 0.479 e. The maximum atomic E-state index is 10.6. The highest BCUT2D eigenvalue weighted by molar-refractivity contribution is 9.11. The lowest BCUT2D eigenvalue weighted by Gasteiger charge is -2.10. The van der Waals surface area contributed by atoms with E-state index in [1.54, 1.807) is 0 Å². The lowest BCUT2D eigenvalue weighted by molar-refractivity contribution is -0.147. The molecular formula is C9H5Br2NO3. The molecule has 0 saturated heterocycles. The second kappa shape index (κ2) is 4.75. The van der Waals surface area contributed by atoms with Crippen LogP contribution in [0, 0.1) is 11.3 Å². The van der Waals surface area contributed by atoms with Gasteiger partial charge in [-0.1, -0.05) is 6.07 Å². The highest BCUT2D eigenvalue weighted by Gasteiger charge is 2.21. The highest BCUT2D eigenvalue weighted by atomic mass is 79.9. The van der Waals surface area contributed by atoms with Crippen molar-refractivity contribution in [2.75, 3.05) is 0 Å². The summed E-state index contributed by atoms with van der Waals surface area (Å²) in [5, 5.41) is 26.8. The molecule has 1 aromatic carbocycles. The number of nitriles is 1. The van der Waals surface area contributed by atoms with Crippen molar-refractivity contribution in [1.29, 1.82) is 5.26 Å². The molecule has 0 aliphatic heterocycles. The maximum absolute atomic E-state index is 10.6. The van der Waals surface area contributed by atoms with E-state index in [9.17, 15) is 9.90 Å². The number of hydrogen-bond acceptors (Lipinski definition) is 3. The molecule has 0 aliphatic rings. The van der Waals surface area contributed by atoms with Gasteiger partial charge in [0, 0.05) is 14.5 Å². The monoisotopic (exact) mass is 333 g/mol. The second-order valence-corrected chi connectivity index (χ2v) is 4.33. The molecule has 1 atom stereocenters. The van der Waals surface area contributed by atoms with Crippen LogP contribution < -0.4 is 0 Å². The SMILES string of the molecule is N#Cc1c(Br)ccc(C(O)C(=O)O)c1Br. The quantitative estimate of drug-likeness (QED) is 0.868. The van der Waals surface area contributed by atoms with Crippen molar-refractivity contribution < 1.29 is 15.0 Å². The Morgan fingerprint density at radius 2 is 2.07 bits per heavy atom. The Bertz CT molecular complexity index is 453. The van der Waals surface area contributed by atoms with E-state index in [2.05, 4.69) is 31.9 Å². The normalized spacial score (nSPS) is 11.9. The predicted molar refractivity (Wildman–Crippen MR) is 59.2 cm³/mol. The number of aliphatic carboxylic acids is 1. The molecule has 4 nitrogen and oxygen atoms in total. The zero-order chi connectivity index (χ0) is 11.6. The zero-order valence-corrected chi connectivity index (χ0v) is 10.4. The molecule has 0 amide bonds. The Kier molecular flexibility index (Phi) is 3.85. The summed E-state index contributed by atoms with van der Waals surface area (Å²) in [7, 11) is 0. The van der Waals surface area contributed by atoms with Gasteiger partial charge in [-0.05, 0) is 37.9 Å². The van der Waals surface area contributed by atoms with Crippen LogP contribution in [0.5, 0.6) is 0 Å². The van der Waals surface area contributed by atoms with Gasteiger partial charge in [-0.15, -0.1) is 0 Å². The molecule has 0 fully saturated rings. The van der Waals surface area contributed by atoms with Crippen LogP contribution in [-0.2, 0) is 4.79 Å². The molecule has 1 unspecified atom stereocenters. The van der Waals surface area contributed by atoms with Gasteiger partial charge in [0.05, 0.1) is 5.56 Å². The number of carbonyl (C=O) groups is 1. The van der Waals surface area contributed by atoms with E-state index in [4.69, 9.17) is 10.4 Å². The fourth-order valence-electron chi connectivity index (χ4n) is 1.02. The minimum absolute atomic E-state index is 0.155. The molecule has 1 aromatic rings. The maximum Gasteiger partial charge on any atom is 0.337 e. The van der Waals surface area contributed by atoms with Crippen molar-refractivity contribution in [2.45, 2.75) is 6.10 Å². The molecule has 0 radical (unpaired) electrons. The molecule has 0 heterocycles. The minimum atomic E-state index is -1.64. The Labute approximate surface area is 102 Å². The molecule has 2 N–H and O–H groups in total. The standard InChI is InChI=1S/C9H5Br2NO3/c10-6-2-1-4(8(13)9(14)15)7(11)5(6)3-12/h1-2,8,13H,(H,14,15). The first-order chi connectivity index (χ1) is 6.99. The Morgan fingerprint density at radius 1 is 1.47 bits per heavy atom. The number of carboxylic acid groups (broad SMARTS) is 1. The van der Waals surface area contributed by atoms with Crippen molar-refractivity contribution >= 4 is 37.8 Å². The van der Waals surface area contributed by atoms with Crippen molar-refractivity contribution in [1.82, 2.24) is 0 Å². The third-order valence-corrected chi connectivity index (χ3v) is 3.28. The molecule has 0 spiro atoms. The smallest absolute Gasteiger partial charge is 0.337 e. The second-order valence-electron chi connectivity index (χ2n) is 2.68. The summed E-state index contributed by atoms with van der Waals surface area (Å²) in [5.41, 5.74) is 0.412. The number of hydrogen-bond donors (Lipinski definition) is 2. The fourth-order valence-corrected chi connectivity index (χ4v) is 2.35. The first-order valence-electron chi connectivity index (χ1n) is 3.78. The van der Waals surface area contributed by atoms with Crippen LogP contribution in [0.15, 0.2) is 21.1 Å². The van der Waals surface area contributed by atoms with E-state index in [0.29, 0.717) is 4.47 Å². The predicted octanol–water partition coefficient (Wildman–Crippen LogP) is 2.20. The summed E-state index contributed by atoms with van der Waals surface area (Å²) in [6.45, 7) is 0. The van der Waals surface area contributed by atoms with Crippen LogP contribution in [0.4, 0.5) is 0 Å². The minimum Gasteiger partial charge on any atom is -0.479 e. The van der Waals surface area contributed by atoms with E-state index in [0.717, 1.165) is 0 Å². The first kappa shape index (κ1) is 12.2. The highest BCUT2D eigenvalue weighted by Crippen LogP contribution is 2.31. The Balaban J connectivity index is 3.35. The fraction of sp³-hybridized carbons (Fsp3) is 0.111. The molecule has 0 bridgehead atoms. The van der Waals surface area contributed by atoms with Gasteiger partial charge < -0.3 is 10.2 Å². The molecule has 78 valence electrons.